The molecule has 1 atom stereocenters. The largest absolute Gasteiger partial charge is 0.393 e. The summed E-state index contributed by atoms with van der Waals surface area (Å²) in [5, 5.41) is 15.3. The van der Waals surface area contributed by atoms with Crippen molar-refractivity contribution < 1.29 is 5.11 Å². The van der Waals surface area contributed by atoms with Crippen LogP contribution in [-0.4, -0.2) is 39.3 Å². The van der Waals surface area contributed by atoms with Gasteiger partial charge in [-0.15, -0.1) is 0 Å². The summed E-state index contributed by atoms with van der Waals surface area (Å²) in [6.07, 6.45) is 1.26. The van der Waals surface area contributed by atoms with E-state index in [0.29, 0.717) is 24.9 Å². The zero-order valence-electron chi connectivity index (χ0n) is 10.1. The molecule has 0 aliphatic carbocycles. The van der Waals surface area contributed by atoms with Gasteiger partial charge in [0.05, 0.1) is 6.10 Å². The molecule has 0 fully saturated rings. The van der Waals surface area contributed by atoms with E-state index in [-0.39, 0.29) is 11.4 Å². The molecule has 17 heavy (non-hydrogen) atoms. The van der Waals surface area contributed by atoms with Crippen molar-refractivity contribution in [2.45, 2.75) is 32.8 Å². The van der Waals surface area contributed by atoms with Gasteiger partial charge in [-0.3, -0.25) is 0 Å². The Bertz CT molecular complexity index is 347. The molecule has 1 aromatic heterocycles. The van der Waals surface area contributed by atoms with Crippen LogP contribution in [0.1, 0.15) is 26.7 Å². The molecule has 0 saturated carbocycles. The Hall–Kier alpha value is -1.14. The van der Waals surface area contributed by atoms with Crippen molar-refractivity contribution in [3.05, 3.63) is 5.28 Å². The Balaban J connectivity index is 2.55. The monoisotopic (exact) mass is 259 g/mol. The molecule has 0 aliphatic heterocycles. The van der Waals surface area contributed by atoms with Crippen LogP contribution in [0.4, 0.5) is 11.9 Å². The van der Waals surface area contributed by atoms with E-state index in [0.717, 1.165) is 13.0 Å². The Kier molecular flexibility index (Phi) is 5.93. The Morgan fingerprint density at radius 2 is 1.76 bits per heavy atom. The van der Waals surface area contributed by atoms with E-state index >= 15 is 0 Å². The molecule has 1 heterocycles. The van der Waals surface area contributed by atoms with Crippen LogP contribution in [-0.2, 0) is 0 Å². The molecule has 96 valence electrons. The van der Waals surface area contributed by atoms with Crippen molar-refractivity contribution in [1.82, 2.24) is 15.0 Å². The van der Waals surface area contributed by atoms with Crippen LogP contribution in [0.15, 0.2) is 0 Å². The first-order chi connectivity index (χ1) is 8.11. The van der Waals surface area contributed by atoms with Crippen molar-refractivity contribution in [2.75, 3.05) is 23.7 Å². The van der Waals surface area contributed by atoms with E-state index in [9.17, 15) is 0 Å². The van der Waals surface area contributed by atoms with Gasteiger partial charge < -0.3 is 15.7 Å². The molecule has 0 spiro atoms. The van der Waals surface area contributed by atoms with Gasteiger partial charge in [-0.2, -0.15) is 15.0 Å². The predicted octanol–water partition coefficient (Wildman–Crippen LogP) is 1.53. The molecule has 0 aliphatic rings. The quantitative estimate of drug-likeness (QED) is 0.689. The molecule has 1 unspecified atom stereocenters. The third-order valence-electron chi connectivity index (χ3n) is 1.99. The lowest BCUT2D eigenvalue weighted by Gasteiger charge is -2.08. The SMILES string of the molecule is CCCNc1nc(Cl)nc(NCCC(C)O)n1. The van der Waals surface area contributed by atoms with Crippen molar-refractivity contribution in [3.63, 3.8) is 0 Å². The number of hydrogen-bond donors (Lipinski definition) is 3. The summed E-state index contributed by atoms with van der Waals surface area (Å²) in [5.41, 5.74) is 0. The van der Waals surface area contributed by atoms with Gasteiger partial charge in [0, 0.05) is 13.1 Å². The van der Waals surface area contributed by atoms with E-state index in [4.69, 9.17) is 16.7 Å². The first kappa shape index (κ1) is 13.9. The summed E-state index contributed by atoms with van der Waals surface area (Å²) in [6, 6.07) is 0. The smallest absolute Gasteiger partial charge is 0.228 e. The topological polar surface area (TPSA) is 83.0 Å². The number of aromatic nitrogens is 3. The van der Waals surface area contributed by atoms with Gasteiger partial charge in [0.1, 0.15) is 0 Å². The molecule has 1 aromatic rings. The lowest BCUT2D eigenvalue weighted by atomic mass is 10.3. The van der Waals surface area contributed by atoms with E-state index < -0.39 is 0 Å². The lowest BCUT2D eigenvalue weighted by Crippen LogP contribution is -2.13. The number of aliphatic hydroxyl groups excluding tert-OH is 1. The van der Waals surface area contributed by atoms with Gasteiger partial charge in [0.2, 0.25) is 17.2 Å². The van der Waals surface area contributed by atoms with Crippen molar-refractivity contribution in [3.8, 4) is 0 Å². The van der Waals surface area contributed by atoms with Crippen LogP contribution >= 0.6 is 11.6 Å². The number of rotatable bonds is 7. The summed E-state index contributed by atoms with van der Waals surface area (Å²) in [5.74, 6) is 0.885. The summed E-state index contributed by atoms with van der Waals surface area (Å²) in [7, 11) is 0. The molecule has 0 aromatic carbocycles. The van der Waals surface area contributed by atoms with E-state index in [1.807, 2.05) is 0 Å². The normalized spacial score (nSPS) is 12.2. The maximum atomic E-state index is 9.12. The molecule has 3 N–H and O–H groups in total. The summed E-state index contributed by atoms with van der Waals surface area (Å²) in [6.45, 7) is 5.16. The fourth-order valence-corrected chi connectivity index (χ4v) is 1.30. The van der Waals surface area contributed by atoms with Crippen LogP contribution in [0.2, 0.25) is 5.28 Å². The van der Waals surface area contributed by atoms with Gasteiger partial charge >= 0.3 is 0 Å². The minimum absolute atomic E-state index is 0.151. The highest BCUT2D eigenvalue weighted by molar-refractivity contribution is 6.28. The second kappa shape index (κ2) is 7.24. The number of hydrogen-bond acceptors (Lipinski definition) is 6. The van der Waals surface area contributed by atoms with Crippen LogP contribution < -0.4 is 10.6 Å². The molecule has 7 heteroatoms. The maximum Gasteiger partial charge on any atom is 0.228 e. The molecule has 0 radical (unpaired) electrons. The Morgan fingerprint density at radius 3 is 2.29 bits per heavy atom. The molecule has 6 nitrogen and oxygen atoms in total. The summed E-state index contributed by atoms with van der Waals surface area (Å²) < 4.78 is 0. The van der Waals surface area contributed by atoms with Crippen molar-refractivity contribution in [1.29, 1.82) is 0 Å². The second-order valence-corrected chi connectivity index (χ2v) is 4.08. The number of halogens is 1. The number of nitrogens with one attached hydrogen (secondary N) is 2. The minimum atomic E-state index is -0.350. The van der Waals surface area contributed by atoms with Crippen LogP contribution in [0.3, 0.4) is 0 Å². The average Bonchev–Trinajstić information content (AvgIpc) is 2.25. The summed E-state index contributed by atoms with van der Waals surface area (Å²) >= 11 is 5.78. The summed E-state index contributed by atoms with van der Waals surface area (Å²) in [4.78, 5) is 12.1. The number of nitrogens with zero attached hydrogens (tertiary/aromatic N) is 3. The first-order valence-corrected chi connectivity index (χ1v) is 6.07. The minimum Gasteiger partial charge on any atom is -0.393 e. The zero-order valence-corrected chi connectivity index (χ0v) is 10.8. The molecule has 1 rings (SSSR count). The first-order valence-electron chi connectivity index (χ1n) is 5.69. The number of aliphatic hydroxyl groups is 1. The molecular formula is C10H18ClN5O. The number of anilines is 2. The molecular weight excluding hydrogens is 242 g/mol. The predicted molar refractivity (Wildman–Crippen MR) is 68.4 cm³/mol. The van der Waals surface area contributed by atoms with Gasteiger partial charge in [-0.1, -0.05) is 6.92 Å². The van der Waals surface area contributed by atoms with Gasteiger partial charge in [-0.25, -0.2) is 0 Å². The van der Waals surface area contributed by atoms with Crippen molar-refractivity contribution in [2.24, 2.45) is 0 Å². The maximum absolute atomic E-state index is 9.12. The van der Waals surface area contributed by atoms with Crippen LogP contribution in [0.25, 0.3) is 0 Å². The van der Waals surface area contributed by atoms with Crippen LogP contribution in [0.5, 0.6) is 0 Å². The lowest BCUT2D eigenvalue weighted by molar-refractivity contribution is 0.188. The standard InChI is InChI=1S/C10H18ClN5O/c1-3-5-12-9-14-8(11)15-10(16-9)13-6-4-7(2)17/h7,17H,3-6H2,1-2H3,(H2,12,13,14,15,16). The highest BCUT2D eigenvalue weighted by atomic mass is 35.5. The van der Waals surface area contributed by atoms with Crippen molar-refractivity contribution >= 4 is 23.5 Å². The molecule has 0 amide bonds. The fraction of sp³-hybridized carbons (Fsp3) is 0.700. The highest BCUT2D eigenvalue weighted by Crippen LogP contribution is 2.09. The van der Waals surface area contributed by atoms with E-state index in [1.165, 1.54) is 0 Å². The fourth-order valence-electron chi connectivity index (χ4n) is 1.14. The van der Waals surface area contributed by atoms with Gasteiger partial charge in [0.15, 0.2) is 0 Å². The average molecular weight is 260 g/mol. The van der Waals surface area contributed by atoms with E-state index in [1.54, 1.807) is 6.92 Å². The zero-order chi connectivity index (χ0) is 12.7. The van der Waals surface area contributed by atoms with Crippen LogP contribution in [0, 0.1) is 0 Å². The van der Waals surface area contributed by atoms with E-state index in [2.05, 4.69) is 32.5 Å². The molecule has 0 saturated heterocycles. The Labute approximate surface area is 106 Å². The molecule has 0 bridgehead atoms. The van der Waals surface area contributed by atoms with Gasteiger partial charge in [-0.05, 0) is 31.4 Å². The third kappa shape index (κ3) is 5.65. The Morgan fingerprint density at radius 1 is 1.18 bits per heavy atom. The van der Waals surface area contributed by atoms with Gasteiger partial charge in [0.25, 0.3) is 0 Å². The second-order valence-electron chi connectivity index (χ2n) is 3.74. The highest BCUT2D eigenvalue weighted by Gasteiger charge is 2.04. The third-order valence-corrected chi connectivity index (χ3v) is 2.16.